The highest BCUT2D eigenvalue weighted by Crippen LogP contribution is 2.31. The standard InChI is InChI=1S/C23H23FN6O4/c1-12(11-31)30-20-18(21(25)27-28-23(20)33)19(29-30)14-5-3-13(4-6-14)10-26-22(32)16-9-15(24)7-8-17(16)34-2/h3-9,12,31H,10-11H2,1-2H3,(H2,25,27)(H,26,32)(H,28,33). The Hall–Kier alpha value is -4.25. The normalized spacial score (nSPS) is 12.0. The van der Waals surface area contributed by atoms with E-state index in [4.69, 9.17) is 10.5 Å². The second kappa shape index (κ2) is 9.32. The second-order valence-corrected chi connectivity index (χ2v) is 7.71. The van der Waals surface area contributed by atoms with Gasteiger partial charge in [0.15, 0.2) is 5.82 Å². The van der Waals surface area contributed by atoms with Crippen molar-refractivity contribution in [2.45, 2.75) is 19.5 Å². The minimum atomic E-state index is -0.537. The van der Waals surface area contributed by atoms with Crippen LogP contribution in [0, 0.1) is 5.82 Å². The van der Waals surface area contributed by atoms with Crippen molar-refractivity contribution in [3.05, 3.63) is 69.8 Å². The summed E-state index contributed by atoms with van der Waals surface area (Å²) in [6, 6.07) is 10.4. The van der Waals surface area contributed by atoms with Gasteiger partial charge in [-0.1, -0.05) is 24.3 Å². The fraction of sp³-hybridized carbons (Fsp3) is 0.217. The van der Waals surface area contributed by atoms with Gasteiger partial charge >= 0.3 is 0 Å². The Morgan fingerprint density at radius 3 is 2.71 bits per heavy atom. The Kier molecular flexibility index (Phi) is 6.28. The number of aromatic amines is 1. The number of carbonyl (C=O) groups excluding carboxylic acids is 1. The number of halogens is 1. The molecule has 176 valence electrons. The first-order valence-corrected chi connectivity index (χ1v) is 10.4. The number of nitrogens with two attached hydrogens (primary N) is 1. The minimum absolute atomic E-state index is 0.0994. The number of benzene rings is 2. The van der Waals surface area contributed by atoms with Crippen LogP contribution >= 0.6 is 0 Å². The van der Waals surface area contributed by atoms with Crippen LogP contribution in [0.3, 0.4) is 0 Å². The van der Waals surface area contributed by atoms with Gasteiger partial charge in [0.1, 0.15) is 22.8 Å². The lowest BCUT2D eigenvalue weighted by molar-refractivity contribution is 0.0947. The Morgan fingerprint density at radius 2 is 2.03 bits per heavy atom. The van der Waals surface area contributed by atoms with Crippen LogP contribution in [0.2, 0.25) is 0 Å². The number of hydrogen-bond donors (Lipinski definition) is 4. The molecule has 34 heavy (non-hydrogen) atoms. The van der Waals surface area contributed by atoms with Crippen LogP contribution in [-0.4, -0.2) is 44.7 Å². The van der Waals surface area contributed by atoms with Crippen LogP contribution in [0.25, 0.3) is 22.2 Å². The number of nitrogen functional groups attached to an aromatic ring is 1. The number of aromatic nitrogens is 4. The molecule has 10 nitrogen and oxygen atoms in total. The molecule has 0 aliphatic carbocycles. The van der Waals surface area contributed by atoms with Gasteiger partial charge in [0, 0.05) is 12.1 Å². The van der Waals surface area contributed by atoms with E-state index in [1.807, 2.05) is 0 Å². The predicted octanol–water partition coefficient (Wildman–Crippen LogP) is 2.00. The smallest absolute Gasteiger partial charge is 0.290 e. The van der Waals surface area contributed by atoms with E-state index in [0.717, 1.165) is 11.6 Å². The monoisotopic (exact) mass is 466 g/mol. The lowest BCUT2D eigenvalue weighted by Crippen LogP contribution is -2.23. The summed E-state index contributed by atoms with van der Waals surface area (Å²) in [5.41, 5.74) is 7.81. The second-order valence-electron chi connectivity index (χ2n) is 7.71. The molecule has 0 spiro atoms. The Balaban J connectivity index is 1.60. The van der Waals surface area contributed by atoms with Gasteiger partial charge in [0.25, 0.3) is 11.5 Å². The number of amides is 1. The molecule has 2 heterocycles. The Labute approximate surface area is 193 Å². The molecule has 4 rings (SSSR count). The van der Waals surface area contributed by atoms with Gasteiger partial charge in [-0.2, -0.15) is 10.2 Å². The first kappa shape index (κ1) is 22.9. The summed E-state index contributed by atoms with van der Waals surface area (Å²) < 4.78 is 20.1. The summed E-state index contributed by atoms with van der Waals surface area (Å²) in [5, 5.41) is 23.4. The molecule has 1 amide bonds. The summed E-state index contributed by atoms with van der Waals surface area (Å²) in [5.74, 6) is -0.623. The van der Waals surface area contributed by atoms with Crippen molar-refractivity contribution < 1.29 is 19.0 Å². The van der Waals surface area contributed by atoms with Crippen LogP contribution in [0.4, 0.5) is 10.2 Å². The molecule has 0 radical (unpaired) electrons. The molecule has 4 aromatic rings. The van der Waals surface area contributed by atoms with E-state index < -0.39 is 23.3 Å². The third kappa shape index (κ3) is 4.20. The molecule has 0 saturated heterocycles. The number of carbonyl (C=O) groups is 1. The number of fused-ring (bicyclic) bond motifs is 1. The van der Waals surface area contributed by atoms with E-state index >= 15 is 0 Å². The first-order valence-electron chi connectivity index (χ1n) is 10.4. The van der Waals surface area contributed by atoms with Crippen LogP contribution in [-0.2, 0) is 6.54 Å². The molecular formula is C23H23FN6O4. The topological polar surface area (TPSA) is 148 Å². The van der Waals surface area contributed by atoms with Gasteiger partial charge < -0.3 is 20.9 Å². The van der Waals surface area contributed by atoms with E-state index in [-0.39, 0.29) is 35.8 Å². The molecule has 11 heteroatoms. The number of nitrogens with zero attached hydrogens (tertiary/aromatic N) is 3. The maximum absolute atomic E-state index is 13.6. The molecule has 0 saturated carbocycles. The molecule has 5 N–H and O–H groups in total. The molecular weight excluding hydrogens is 443 g/mol. The number of aliphatic hydroxyl groups is 1. The lowest BCUT2D eigenvalue weighted by atomic mass is 10.1. The number of methoxy groups -OCH3 is 1. The summed E-state index contributed by atoms with van der Waals surface area (Å²) in [7, 11) is 1.41. The molecule has 2 aromatic carbocycles. The Bertz CT molecular complexity index is 1410. The zero-order valence-electron chi connectivity index (χ0n) is 18.5. The van der Waals surface area contributed by atoms with Crippen molar-refractivity contribution in [2.75, 3.05) is 19.5 Å². The van der Waals surface area contributed by atoms with Crippen LogP contribution in [0.5, 0.6) is 5.75 Å². The molecule has 0 aliphatic rings. The predicted molar refractivity (Wildman–Crippen MR) is 124 cm³/mol. The van der Waals surface area contributed by atoms with Crippen LogP contribution in [0.1, 0.15) is 28.9 Å². The number of anilines is 1. The average Bonchev–Trinajstić information content (AvgIpc) is 3.26. The van der Waals surface area contributed by atoms with Crippen LogP contribution in [0.15, 0.2) is 47.3 Å². The van der Waals surface area contributed by atoms with E-state index in [2.05, 4.69) is 20.6 Å². The van der Waals surface area contributed by atoms with Crippen molar-refractivity contribution in [3.8, 4) is 17.0 Å². The highest BCUT2D eigenvalue weighted by molar-refractivity contribution is 5.99. The van der Waals surface area contributed by atoms with Crippen molar-refractivity contribution in [2.24, 2.45) is 0 Å². The molecule has 2 aromatic heterocycles. The van der Waals surface area contributed by atoms with Crippen molar-refractivity contribution in [1.29, 1.82) is 0 Å². The van der Waals surface area contributed by atoms with Gasteiger partial charge in [0.2, 0.25) is 0 Å². The highest BCUT2D eigenvalue weighted by Gasteiger charge is 2.21. The van der Waals surface area contributed by atoms with Crippen molar-refractivity contribution in [3.63, 3.8) is 0 Å². The molecule has 0 aliphatic heterocycles. The zero-order chi connectivity index (χ0) is 24.4. The highest BCUT2D eigenvalue weighted by atomic mass is 19.1. The maximum Gasteiger partial charge on any atom is 0.290 e. The average molecular weight is 466 g/mol. The third-order valence-electron chi connectivity index (χ3n) is 5.43. The van der Waals surface area contributed by atoms with Crippen molar-refractivity contribution >= 4 is 22.6 Å². The number of nitrogens with one attached hydrogen (secondary N) is 2. The van der Waals surface area contributed by atoms with Gasteiger partial charge in [0.05, 0.1) is 30.7 Å². The summed E-state index contributed by atoms with van der Waals surface area (Å²) in [4.78, 5) is 24.9. The summed E-state index contributed by atoms with van der Waals surface area (Å²) >= 11 is 0. The van der Waals surface area contributed by atoms with E-state index in [9.17, 15) is 19.1 Å². The molecule has 0 bridgehead atoms. The molecule has 1 unspecified atom stereocenters. The van der Waals surface area contributed by atoms with E-state index in [1.165, 1.54) is 23.9 Å². The maximum atomic E-state index is 13.6. The summed E-state index contributed by atoms with van der Waals surface area (Å²) in [6.45, 7) is 1.71. The number of hydrogen-bond acceptors (Lipinski definition) is 7. The third-order valence-corrected chi connectivity index (χ3v) is 5.43. The SMILES string of the molecule is COc1ccc(F)cc1C(=O)NCc1ccc(-c2nn(C(C)CO)c3c(=O)[nH]nc(N)c23)cc1. The summed E-state index contributed by atoms with van der Waals surface area (Å²) in [6.07, 6.45) is 0. The minimum Gasteiger partial charge on any atom is -0.496 e. The molecule has 1 atom stereocenters. The molecule has 0 fully saturated rings. The van der Waals surface area contributed by atoms with Crippen molar-refractivity contribution in [1.82, 2.24) is 25.3 Å². The van der Waals surface area contributed by atoms with Gasteiger partial charge in [-0.05, 0) is 30.7 Å². The van der Waals surface area contributed by atoms with Gasteiger partial charge in [-0.3, -0.25) is 14.3 Å². The fourth-order valence-electron chi connectivity index (χ4n) is 3.63. The number of ether oxygens (including phenoxy) is 1. The van der Waals surface area contributed by atoms with Gasteiger partial charge in [-0.25, -0.2) is 9.49 Å². The largest absolute Gasteiger partial charge is 0.496 e. The zero-order valence-corrected chi connectivity index (χ0v) is 18.5. The number of aliphatic hydroxyl groups excluding tert-OH is 1. The first-order chi connectivity index (χ1) is 16.3. The fourth-order valence-corrected chi connectivity index (χ4v) is 3.63. The number of H-pyrrole nitrogens is 1. The van der Waals surface area contributed by atoms with Gasteiger partial charge in [-0.15, -0.1) is 0 Å². The lowest BCUT2D eigenvalue weighted by Gasteiger charge is -2.10. The quantitative estimate of drug-likeness (QED) is 0.326. The number of rotatable bonds is 7. The van der Waals surface area contributed by atoms with Crippen LogP contribution < -0.4 is 21.3 Å². The van der Waals surface area contributed by atoms with E-state index in [0.29, 0.717) is 16.6 Å². The van der Waals surface area contributed by atoms with E-state index in [1.54, 1.807) is 31.2 Å². The Morgan fingerprint density at radius 1 is 1.29 bits per heavy atom.